The Kier molecular flexibility index (Phi) is 6.84. The van der Waals surface area contributed by atoms with Crippen LogP contribution in [0, 0.1) is 11.8 Å². The van der Waals surface area contributed by atoms with E-state index in [2.05, 4.69) is 11.8 Å². The van der Waals surface area contributed by atoms with Crippen LogP contribution in [0.3, 0.4) is 0 Å². The molecule has 0 spiro atoms. The molecular formula is C16H23NO2. The van der Waals surface area contributed by atoms with E-state index in [1.54, 1.807) is 0 Å². The summed E-state index contributed by atoms with van der Waals surface area (Å²) in [7, 11) is 0. The monoisotopic (exact) mass is 261 g/mol. The van der Waals surface area contributed by atoms with Gasteiger partial charge in [-0.25, -0.2) is 0 Å². The zero-order valence-corrected chi connectivity index (χ0v) is 12.0. The van der Waals surface area contributed by atoms with E-state index in [9.17, 15) is 0 Å². The number of nitrogens with two attached hydrogens (primary N) is 1. The molecule has 1 aromatic rings. The van der Waals surface area contributed by atoms with Gasteiger partial charge in [0.1, 0.15) is 0 Å². The second-order valence-corrected chi connectivity index (χ2v) is 4.14. The highest BCUT2D eigenvalue weighted by molar-refractivity contribution is 5.43. The van der Waals surface area contributed by atoms with Gasteiger partial charge in [0.05, 0.1) is 13.2 Å². The van der Waals surface area contributed by atoms with Crippen LogP contribution in [0.1, 0.15) is 45.2 Å². The van der Waals surface area contributed by atoms with Crippen LogP contribution in [0.2, 0.25) is 0 Å². The van der Waals surface area contributed by atoms with Crippen molar-refractivity contribution in [1.82, 2.24) is 0 Å². The van der Waals surface area contributed by atoms with Crippen LogP contribution in [-0.2, 0) is 0 Å². The maximum absolute atomic E-state index is 6.16. The summed E-state index contributed by atoms with van der Waals surface area (Å²) in [6.45, 7) is 6.99. The van der Waals surface area contributed by atoms with Crippen molar-refractivity contribution < 1.29 is 9.47 Å². The van der Waals surface area contributed by atoms with Gasteiger partial charge in [-0.05, 0) is 44.9 Å². The quantitative estimate of drug-likeness (QED) is 0.766. The Labute approximate surface area is 116 Å². The molecule has 0 saturated carbocycles. The van der Waals surface area contributed by atoms with Gasteiger partial charge in [0, 0.05) is 12.5 Å². The number of benzene rings is 1. The molecule has 104 valence electrons. The van der Waals surface area contributed by atoms with E-state index in [-0.39, 0.29) is 6.04 Å². The van der Waals surface area contributed by atoms with Gasteiger partial charge in [0.25, 0.3) is 0 Å². The first-order chi connectivity index (χ1) is 9.22. The molecule has 19 heavy (non-hydrogen) atoms. The fourth-order valence-electron chi connectivity index (χ4n) is 1.82. The van der Waals surface area contributed by atoms with Crippen LogP contribution in [0.4, 0.5) is 0 Å². The van der Waals surface area contributed by atoms with Gasteiger partial charge in [0.15, 0.2) is 11.5 Å². The molecule has 0 aliphatic heterocycles. The predicted octanol–water partition coefficient (Wildman–Crippen LogP) is 3.29. The first kappa shape index (κ1) is 15.4. The normalized spacial score (nSPS) is 11.4. The maximum Gasteiger partial charge on any atom is 0.161 e. The fraction of sp³-hybridized carbons (Fsp3) is 0.500. The molecule has 1 atom stereocenters. The second-order valence-electron chi connectivity index (χ2n) is 4.14. The summed E-state index contributed by atoms with van der Waals surface area (Å²) in [5, 5.41) is 0. The third kappa shape index (κ3) is 4.84. The van der Waals surface area contributed by atoms with Crippen LogP contribution in [-0.4, -0.2) is 13.2 Å². The molecule has 0 amide bonds. The molecule has 0 aliphatic carbocycles. The Morgan fingerprint density at radius 3 is 2.47 bits per heavy atom. The lowest BCUT2D eigenvalue weighted by molar-refractivity contribution is 0.287. The van der Waals surface area contributed by atoms with E-state index in [1.165, 1.54) is 0 Å². The van der Waals surface area contributed by atoms with Crippen LogP contribution in [0.5, 0.6) is 11.5 Å². The Hall–Kier alpha value is -1.66. The van der Waals surface area contributed by atoms with E-state index in [1.807, 2.05) is 39.0 Å². The van der Waals surface area contributed by atoms with E-state index in [0.29, 0.717) is 13.2 Å². The van der Waals surface area contributed by atoms with E-state index in [4.69, 9.17) is 15.2 Å². The fourth-order valence-corrected chi connectivity index (χ4v) is 1.82. The zero-order valence-electron chi connectivity index (χ0n) is 12.0. The van der Waals surface area contributed by atoms with Gasteiger partial charge < -0.3 is 15.2 Å². The van der Waals surface area contributed by atoms with Crippen LogP contribution >= 0.6 is 0 Å². The molecule has 1 unspecified atom stereocenters. The van der Waals surface area contributed by atoms with Crippen molar-refractivity contribution in [3.63, 3.8) is 0 Å². The smallest absolute Gasteiger partial charge is 0.161 e. The summed E-state index contributed by atoms with van der Waals surface area (Å²) in [5.41, 5.74) is 7.22. The first-order valence-electron chi connectivity index (χ1n) is 6.77. The minimum Gasteiger partial charge on any atom is -0.490 e. The van der Waals surface area contributed by atoms with Gasteiger partial charge in [-0.15, -0.1) is 11.8 Å². The molecule has 1 aromatic carbocycles. The summed E-state index contributed by atoms with van der Waals surface area (Å²) in [4.78, 5) is 0. The maximum atomic E-state index is 6.16. The Balaban J connectivity index is 2.83. The Bertz CT molecular complexity index is 446. The molecule has 0 saturated heterocycles. The molecule has 2 N–H and O–H groups in total. The summed E-state index contributed by atoms with van der Waals surface area (Å²) >= 11 is 0. The molecule has 3 nitrogen and oxygen atoms in total. The van der Waals surface area contributed by atoms with E-state index >= 15 is 0 Å². The third-order valence-electron chi connectivity index (χ3n) is 2.75. The van der Waals surface area contributed by atoms with Crippen molar-refractivity contribution in [3.8, 4) is 23.3 Å². The van der Waals surface area contributed by atoms with Gasteiger partial charge in [-0.2, -0.15) is 0 Å². The molecule has 0 aliphatic rings. The molecule has 1 rings (SSSR count). The highest BCUT2D eigenvalue weighted by Crippen LogP contribution is 2.31. The Morgan fingerprint density at radius 1 is 1.16 bits per heavy atom. The summed E-state index contributed by atoms with van der Waals surface area (Å²) in [6.07, 6.45) is 1.66. The second kappa shape index (κ2) is 8.44. The number of ether oxygens (including phenoxy) is 2. The molecule has 3 heteroatoms. The SMILES string of the molecule is CC#CCCC(N)c1ccc(OCC)c(OCC)c1. The predicted molar refractivity (Wildman–Crippen MR) is 78.4 cm³/mol. The van der Waals surface area contributed by atoms with Gasteiger partial charge in [-0.3, -0.25) is 0 Å². The molecule has 0 aromatic heterocycles. The van der Waals surface area contributed by atoms with Crippen molar-refractivity contribution >= 4 is 0 Å². The molecule has 0 fully saturated rings. The van der Waals surface area contributed by atoms with Crippen LogP contribution in [0.15, 0.2) is 18.2 Å². The molecule has 0 bridgehead atoms. The Morgan fingerprint density at radius 2 is 1.84 bits per heavy atom. The van der Waals surface area contributed by atoms with Crippen LogP contribution < -0.4 is 15.2 Å². The minimum atomic E-state index is -0.0178. The van der Waals surface area contributed by atoms with Crippen LogP contribution in [0.25, 0.3) is 0 Å². The minimum absolute atomic E-state index is 0.0178. The zero-order chi connectivity index (χ0) is 14.1. The van der Waals surface area contributed by atoms with Gasteiger partial charge >= 0.3 is 0 Å². The van der Waals surface area contributed by atoms with Crippen molar-refractivity contribution in [2.24, 2.45) is 5.73 Å². The highest BCUT2D eigenvalue weighted by Gasteiger charge is 2.10. The standard InChI is InChI=1S/C16H23NO2/c1-4-7-8-9-14(17)13-10-11-15(18-5-2)16(12-13)19-6-3/h10-12,14H,5-6,8-9,17H2,1-3H3. The lowest BCUT2D eigenvalue weighted by Crippen LogP contribution is -2.10. The van der Waals surface area contributed by atoms with Crippen molar-refractivity contribution in [1.29, 1.82) is 0 Å². The average Bonchev–Trinajstić information content (AvgIpc) is 2.41. The summed E-state index contributed by atoms with van der Waals surface area (Å²) in [5.74, 6) is 7.45. The summed E-state index contributed by atoms with van der Waals surface area (Å²) < 4.78 is 11.1. The molecule has 0 radical (unpaired) electrons. The lowest BCUT2D eigenvalue weighted by atomic mass is 10.0. The van der Waals surface area contributed by atoms with Gasteiger partial charge in [0.2, 0.25) is 0 Å². The first-order valence-corrected chi connectivity index (χ1v) is 6.77. The van der Waals surface area contributed by atoms with Crippen molar-refractivity contribution in [2.45, 2.75) is 39.7 Å². The third-order valence-corrected chi connectivity index (χ3v) is 2.75. The molecular weight excluding hydrogens is 238 g/mol. The number of rotatable bonds is 7. The van der Waals surface area contributed by atoms with Crippen molar-refractivity contribution in [2.75, 3.05) is 13.2 Å². The lowest BCUT2D eigenvalue weighted by Gasteiger charge is -2.15. The van der Waals surface area contributed by atoms with E-state index < -0.39 is 0 Å². The van der Waals surface area contributed by atoms with E-state index in [0.717, 1.165) is 29.9 Å². The largest absolute Gasteiger partial charge is 0.490 e. The number of hydrogen-bond acceptors (Lipinski definition) is 3. The summed E-state index contributed by atoms with van der Waals surface area (Å²) in [6, 6.07) is 5.88. The molecule has 0 heterocycles. The topological polar surface area (TPSA) is 44.5 Å². The van der Waals surface area contributed by atoms with Gasteiger partial charge in [-0.1, -0.05) is 6.07 Å². The number of hydrogen-bond donors (Lipinski definition) is 1. The van der Waals surface area contributed by atoms with Crippen molar-refractivity contribution in [3.05, 3.63) is 23.8 Å². The average molecular weight is 261 g/mol. The highest BCUT2D eigenvalue weighted by atomic mass is 16.5.